The number of hydrogen-bond donors (Lipinski definition) is 0. The molecule has 208 valence electrons. The van der Waals surface area contributed by atoms with Gasteiger partial charge >= 0.3 is 0 Å². The number of hydrogen-bond acceptors (Lipinski definition) is 1. The standard InChI is InChI=1S/C43H30S/c1-2-12-29(13-3-1)31-14-10-15-33(28-31)43(39-21-7-4-16-35(39)36-17-5-8-22-40(36)43)32-26-24-30(25-27-32)34-19-11-20-38-37-18-6-9-23-41(37)44-42(34)38/h1-14,16-28,33H,15H2. The van der Waals surface area contributed by atoms with E-state index in [1.54, 1.807) is 0 Å². The molecule has 0 saturated carbocycles. The van der Waals surface area contributed by atoms with Crippen LogP contribution < -0.4 is 0 Å². The zero-order chi connectivity index (χ0) is 29.1. The lowest BCUT2D eigenvalue weighted by molar-refractivity contribution is 0.459. The Hall–Kier alpha value is -4.98. The monoisotopic (exact) mass is 578 g/mol. The number of fused-ring (bicyclic) bond motifs is 6. The predicted octanol–water partition coefficient (Wildman–Crippen LogP) is 11.7. The second-order valence-electron chi connectivity index (χ2n) is 12.0. The van der Waals surface area contributed by atoms with Gasteiger partial charge in [-0.2, -0.15) is 0 Å². The zero-order valence-electron chi connectivity index (χ0n) is 24.3. The summed E-state index contributed by atoms with van der Waals surface area (Å²) in [7, 11) is 0. The third-order valence-corrected chi connectivity index (χ3v) is 11.0. The minimum absolute atomic E-state index is 0.268. The fourth-order valence-electron chi connectivity index (χ4n) is 7.89. The van der Waals surface area contributed by atoms with Gasteiger partial charge in [-0.3, -0.25) is 0 Å². The first kappa shape index (κ1) is 25.5. The molecule has 0 fully saturated rings. The number of rotatable bonds is 4. The smallest absolute Gasteiger partial charge is 0.0529 e. The molecule has 1 heteroatoms. The molecule has 1 unspecified atom stereocenters. The molecular formula is C43H30S. The first-order chi connectivity index (χ1) is 21.8. The summed E-state index contributed by atoms with van der Waals surface area (Å²) in [6.07, 6.45) is 8.22. The highest BCUT2D eigenvalue weighted by molar-refractivity contribution is 7.26. The molecule has 7 aromatic rings. The van der Waals surface area contributed by atoms with E-state index in [9.17, 15) is 0 Å². The lowest BCUT2D eigenvalue weighted by Crippen LogP contribution is -2.35. The Morgan fingerprint density at radius 1 is 0.523 bits per heavy atom. The predicted molar refractivity (Wildman–Crippen MR) is 188 cm³/mol. The molecular weight excluding hydrogens is 549 g/mol. The molecule has 0 spiro atoms. The van der Waals surface area contributed by atoms with E-state index in [0.29, 0.717) is 0 Å². The van der Waals surface area contributed by atoms with Crippen molar-refractivity contribution in [1.29, 1.82) is 0 Å². The lowest BCUT2D eigenvalue weighted by atomic mass is 9.61. The van der Waals surface area contributed by atoms with Crippen molar-refractivity contribution in [3.05, 3.63) is 186 Å². The molecule has 0 N–H and O–H groups in total. The Bertz CT molecular complexity index is 2200. The molecule has 44 heavy (non-hydrogen) atoms. The van der Waals surface area contributed by atoms with E-state index in [-0.39, 0.29) is 11.3 Å². The third-order valence-electron chi connectivity index (χ3n) is 9.78. The molecule has 1 aromatic heterocycles. The average Bonchev–Trinajstić information content (AvgIpc) is 3.63. The van der Waals surface area contributed by atoms with E-state index in [1.807, 2.05) is 11.3 Å². The molecule has 2 aliphatic rings. The Morgan fingerprint density at radius 3 is 1.93 bits per heavy atom. The van der Waals surface area contributed by atoms with Crippen LogP contribution >= 0.6 is 11.3 Å². The molecule has 0 nitrogen and oxygen atoms in total. The van der Waals surface area contributed by atoms with Crippen molar-refractivity contribution in [3.8, 4) is 22.3 Å². The summed E-state index contributed by atoms with van der Waals surface area (Å²) in [4.78, 5) is 0. The first-order valence-electron chi connectivity index (χ1n) is 15.5. The van der Waals surface area contributed by atoms with E-state index in [4.69, 9.17) is 0 Å². The normalized spacial score (nSPS) is 16.5. The van der Waals surface area contributed by atoms with E-state index in [0.717, 1.165) is 6.42 Å². The van der Waals surface area contributed by atoms with Gasteiger partial charge in [0.15, 0.2) is 0 Å². The topological polar surface area (TPSA) is 0 Å². The summed E-state index contributed by atoms with van der Waals surface area (Å²) >= 11 is 1.90. The summed E-state index contributed by atoms with van der Waals surface area (Å²) in [5.74, 6) is 0.268. The zero-order valence-corrected chi connectivity index (χ0v) is 25.1. The summed E-state index contributed by atoms with van der Waals surface area (Å²) in [6.45, 7) is 0. The Labute approximate surface area is 262 Å². The SMILES string of the molecule is C1=CC(c2ccccc2)=CC(C2(c3ccc(-c4cccc5c4sc4ccccc45)cc3)c3ccccc3-c3ccccc32)C1. The van der Waals surface area contributed by atoms with Crippen LogP contribution in [-0.2, 0) is 5.41 Å². The number of allylic oxidation sites excluding steroid dienone is 4. The average molecular weight is 579 g/mol. The highest BCUT2D eigenvalue weighted by atomic mass is 32.1. The fraction of sp³-hybridized carbons (Fsp3) is 0.0698. The van der Waals surface area contributed by atoms with Crippen molar-refractivity contribution in [1.82, 2.24) is 0 Å². The van der Waals surface area contributed by atoms with Gasteiger partial charge in [0.25, 0.3) is 0 Å². The van der Waals surface area contributed by atoms with Gasteiger partial charge in [0.2, 0.25) is 0 Å². The van der Waals surface area contributed by atoms with Gasteiger partial charge in [0, 0.05) is 20.2 Å². The third kappa shape index (κ3) is 3.69. The molecule has 0 saturated heterocycles. The van der Waals surface area contributed by atoms with Crippen LogP contribution in [-0.4, -0.2) is 0 Å². The van der Waals surface area contributed by atoms with Gasteiger partial charge in [0.1, 0.15) is 0 Å². The number of benzene rings is 6. The van der Waals surface area contributed by atoms with Crippen LogP contribution in [0.5, 0.6) is 0 Å². The van der Waals surface area contributed by atoms with Gasteiger partial charge in [-0.15, -0.1) is 11.3 Å². The van der Waals surface area contributed by atoms with Crippen LogP contribution in [0.4, 0.5) is 0 Å². The summed E-state index contributed by atoms with van der Waals surface area (Å²) < 4.78 is 2.71. The Morgan fingerprint density at radius 2 is 1.16 bits per heavy atom. The maximum Gasteiger partial charge on any atom is 0.0529 e. The minimum Gasteiger partial charge on any atom is -0.135 e. The van der Waals surface area contributed by atoms with Crippen molar-refractivity contribution in [2.75, 3.05) is 0 Å². The highest BCUT2D eigenvalue weighted by Crippen LogP contribution is 2.58. The molecule has 1 atom stereocenters. The molecule has 0 amide bonds. The second-order valence-corrected chi connectivity index (χ2v) is 13.0. The molecule has 0 aliphatic heterocycles. The maximum atomic E-state index is 2.54. The molecule has 1 heterocycles. The van der Waals surface area contributed by atoms with Gasteiger partial charge < -0.3 is 0 Å². The van der Waals surface area contributed by atoms with Crippen LogP contribution in [0.3, 0.4) is 0 Å². The van der Waals surface area contributed by atoms with Gasteiger partial charge in [0.05, 0.1) is 5.41 Å². The van der Waals surface area contributed by atoms with Crippen molar-refractivity contribution >= 4 is 37.1 Å². The second kappa shape index (κ2) is 10.0. The van der Waals surface area contributed by atoms with E-state index < -0.39 is 0 Å². The molecule has 0 bridgehead atoms. The highest BCUT2D eigenvalue weighted by Gasteiger charge is 2.49. The van der Waals surface area contributed by atoms with Crippen molar-refractivity contribution < 1.29 is 0 Å². The van der Waals surface area contributed by atoms with E-state index >= 15 is 0 Å². The summed E-state index contributed by atoms with van der Waals surface area (Å²) in [5, 5.41) is 2.69. The van der Waals surface area contributed by atoms with Crippen LogP contribution in [0.25, 0.3) is 48.0 Å². The molecule has 2 aliphatic carbocycles. The number of thiophene rings is 1. The molecule has 9 rings (SSSR count). The Kier molecular flexibility index (Phi) is 5.82. The van der Waals surface area contributed by atoms with Crippen molar-refractivity contribution in [2.24, 2.45) is 5.92 Å². The van der Waals surface area contributed by atoms with Crippen molar-refractivity contribution in [2.45, 2.75) is 11.8 Å². The van der Waals surface area contributed by atoms with Crippen molar-refractivity contribution in [3.63, 3.8) is 0 Å². The first-order valence-corrected chi connectivity index (χ1v) is 16.3. The van der Waals surface area contributed by atoms with Crippen LogP contribution in [0.15, 0.2) is 164 Å². The Balaban J connectivity index is 1.25. The fourth-order valence-corrected chi connectivity index (χ4v) is 9.13. The summed E-state index contributed by atoms with van der Waals surface area (Å²) in [6, 6.07) is 54.1. The van der Waals surface area contributed by atoms with Gasteiger partial charge in [-0.05, 0) is 68.5 Å². The minimum atomic E-state index is -0.292. The quantitative estimate of drug-likeness (QED) is 0.195. The van der Waals surface area contributed by atoms with E-state index in [1.165, 1.54) is 70.3 Å². The van der Waals surface area contributed by atoms with Crippen LogP contribution in [0.1, 0.15) is 28.7 Å². The lowest BCUT2D eigenvalue weighted by Gasteiger charge is -2.40. The van der Waals surface area contributed by atoms with Gasteiger partial charge in [-0.25, -0.2) is 0 Å². The maximum absolute atomic E-state index is 2.54. The largest absolute Gasteiger partial charge is 0.135 e. The van der Waals surface area contributed by atoms with Crippen LogP contribution in [0, 0.1) is 5.92 Å². The molecule has 0 radical (unpaired) electrons. The summed E-state index contributed by atoms with van der Waals surface area (Å²) in [5.41, 5.74) is 11.7. The van der Waals surface area contributed by atoms with E-state index in [2.05, 4.69) is 164 Å². The van der Waals surface area contributed by atoms with Gasteiger partial charge in [-0.1, -0.05) is 158 Å². The molecule has 6 aromatic carbocycles. The van der Waals surface area contributed by atoms with Crippen LogP contribution in [0.2, 0.25) is 0 Å².